The molecule has 0 aromatic heterocycles. The summed E-state index contributed by atoms with van der Waals surface area (Å²) in [4.78, 5) is 26.0. The molecule has 0 radical (unpaired) electrons. The van der Waals surface area contributed by atoms with Crippen LogP contribution in [0.15, 0.2) is 47.4 Å². The minimum absolute atomic E-state index is 0.0174. The molecule has 1 aliphatic heterocycles. The molecule has 0 unspecified atom stereocenters. The first-order chi connectivity index (χ1) is 15.5. The molecular formula is C22H22F5N3O2S. The highest BCUT2D eigenvalue weighted by molar-refractivity contribution is 7.99. The van der Waals surface area contributed by atoms with Gasteiger partial charge in [-0.25, -0.2) is 8.78 Å². The Morgan fingerprint density at radius 2 is 1.85 bits per heavy atom. The number of alkyl halides is 5. The lowest BCUT2D eigenvalue weighted by atomic mass is 10.1. The molecule has 1 heterocycles. The zero-order valence-electron chi connectivity index (χ0n) is 17.5. The van der Waals surface area contributed by atoms with Gasteiger partial charge in [-0.2, -0.15) is 13.2 Å². The first kappa shape index (κ1) is 25.1. The Bertz CT molecular complexity index is 1010. The fourth-order valence-corrected chi connectivity index (χ4v) is 4.16. The lowest BCUT2D eigenvalue weighted by molar-refractivity contribution is -0.137. The van der Waals surface area contributed by atoms with Crippen molar-refractivity contribution in [2.45, 2.75) is 42.0 Å². The molecule has 2 aromatic carbocycles. The highest BCUT2D eigenvalue weighted by Crippen LogP contribution is 2.41. The normalized spacial score (nSPS) is 21.4. The molecule has 2 atom stereocenters. The largest absolute Gasteiger partial charge is 0.416 e. The summed E-state index contributed by atoms with van der Waals surface area (Å²) < 4.78 is 61.6. The molecule has 4 rings (SSSR count). The molecular weight excluding hydrogens is 465 g/mol. The van der Waals surface area contributed by atoms with Gasteiger partial charge < -0.3 is 16.0 Å². The third-order valence-electron chi connectivity index (χ3n) is 5.21. The quantitative estimate of drug-likeness (QED) is 0.502. The Kier molecular flexibility index (Phi) is 7.45. The molecule has 178 valence electrons. The van der Waals surface area contributed by atoms with E-state index in [1.54, 1.807) is 25.2 Å². The van der Waals surface area contributed by atoms with E-state index in [4.69, 9.17) is 5.73 Å². The van der Waals surface area contributed by atoms with Crippen LogP contribution in [-0.2, 0) is 17.5 Å². The van der Waals surface area contributed by atoms with Crippen molar-refractivity contribution < 1.29 is 31.5 Å². The number of hydrogen-bond donors (Lipinski definition) is 2. The van der Waals surface area contributed by atoms with Crippen LogP contribution in [0.2, 0.25) is 0 Å². The summed E-state index contributed by atoms with van der Waals surface area (Å²) in [6.07, 6.45) is -3.72. The van der Waals surface area contributed by atoms with Gasteiger partial charge >= 0.3 is 6.18 Å². The van der Waals surface area contributed by atoms with Crippen molar-refractivity contribution in [1.29, 1.82) is 0 Å². The summed E-state index contributed by atoms with van der Waals surface area (Å²) in [6.45, 7) is 0.0700. The van der Waals surface area contributed by atoms with Crippen LogP contribution in [0.5, 0.6) is 0 Å². The molecule has 5 nitrogen and oxygen atoms in total. The number of amides is 1. The van der Waals surface area contributed by atoms with Crippen LogP contribution in [0.4, 0.5) is 27.6 Å². The fraction of sp³-hybridized carbons (Fsp3) is 0.364. The summed E-state index contributed by atoms with van der Waals surface area (Å²) in [5.74, 6) is -2.34. The van der Waals surface area contributed by atoms with Gasteiger partial charge in [-0.15, -0.1) is 11.8 Å². The molecule has 2 aromatic rings. The van der Waals surface area contributed by atoms with Crippen molar-refractivity contribution in [1.82, 2.24) is 5.32 Å². The molecule has 0 spiro atoms. The zero-order chi connectivity index (χ0) is 24.4. The molecule has 2 aliphatic rings. The van der Waals surface area contributed by atoms with Gasteiger partial charge in [0.2, 0.25) is 5.91 Å². The number of halogens is 5. The van der Waals surface area contributed by atoms with Gasteiger partial charge in [0, 0.05) is 22.6 Å². The summed E-state index contributed by atoms with van der Waals surface area (Å²) in [6, 6.07) is 8.35. The van der Waals surface area contributed by atoms with Crippen molar-refractivity contribution in [2.75, 3.05) is 17.7 Å². The SMILES string of the molecule is CN[C@@H]1CC1(F)F.N[C@H]1CSc2ccc(C=O)cc2N(Cc2ccc(C(F)(F)F)cc2)C1=O. The minimum atomic E-state index is -4.42. The van der Waals surface area contributed by atoms with E-state index in [1.807, 2.05) is 0 Å². The number of thioether (sulfide) groups is 1. The molecule has 33 heavy (non-hydrogen) atoms. The van der Waals surface area contributed by atoms with Crippen molar-refractivity contribution in [3.63, 3.8) is 0 Å². The number of benzene rings is 2. The summed E-state index contributed by atoms with van der Waals surface area (Å²) in [7, 11) is 1.55. The second-order valence-corrected chi connectivity index (χ2v) is 8.75. The topological polar surface area (TPSA) is 75.4 Å². The van der Waals surface area contributed by atoms with E-state index in [9.17, 15) is 31.5 Å². The van der Waals surface area contributed by atoms with E-state index in [1.165, 1.54) is 28.8 Å². The monoisotopic (exact) mass is 487 g/mol. The first-order valence-corrected chi connectivity index (χ1v) is 10.9. The predicted octanol–water partition coefficient (Wildman–Crippen LogP) is 4.10. The van der Waals surface area contributed by atoms with Crippen LogP contribution >= 0.6 is 11.8 Å². The lowest BCUT2D eigenvalue weighted by Crippen LogP contribution is -2.44. The van der Waals surface area contributed by atoms with Gasteiger partial charge in [-0.1, -0.05) is 18.2 Å². The highest BCUT2D eigenvalue weighted by Gasteiger charge is 2.55. The van der Waals surface area contributed by atoms with Crippen LogP contribution in [0, 0.1) is 0 Å². The number of nitrogens with zero attached hydrogens (tertiary/aromatic N) is 1. The maximum atomic E-state index is 12.7. The number of carbonyl (C=O) groups excluding carboxylic acids is 2. The number of anilines is 1. The molecule has 3 N–H and O–H groups in total. The highest BCUT2D eigenvalue weighted by atomic mass is 32.2. The van der Waals surface area contributed by atoms with Crippen molar-refractivity contribution in [3.05, 3.63) is 59.2 Å². The predicted molar refractivity (Wildman–Crippen MR) is 116 cm³/mol. The maximum absolute atomic E-state index is 12.7. The molecule has 1 fully saturated rings. The molecule has 1 aliphatic carbocycles. The molecule has 1 saturated carbocycles. The zero-order valence-corrected chi connectivity index (χ0v) is 18.4. The number of nitrogens with two attached hydrogens (primary N) is 1. The maximum Gasteiger partial charge on any atom is 0.416 e. The molecule has 1 amide bonds. The van der Waals surface area contributed by atoms with Crippen LogP contribution in [0.1, 0.15) is 27.9 Å². The van der Waals surface area contributed by atoms with Gasteiger partial charge in [-0.3, -0.25) is 9.59 Å². The number of rotatable bonds is 4. The van der Waals surface area contributed by atoms with Crippen molar-refractivity contribution >= 4 is 29.6 Å². The first-order valence-electron chi connectivity index (χ1n) is 9.96. The Morgan fingerprint density at radius 1 is 1.21 bits per heavy atom. The van der Waals surface area contributed by atoms with Gasteiger partial charge in [0.1, 0.15) is 6.29 Å². The van der Waals surface area contributed by atoms with E-state index in [2.05, 4.69) is 5.32 Å². The summed E-state index contributed by atoms with van der Waals surface area (Å²) in [5, 5.41) is 2.48. The second kappa shape index (κ2) is 9.78. The fourth-order valence-electron chi connectivity index (χ4n) is 3.18. The Labute approximate surface area is 191 Å². The minimum Gasteiger partial charge on any atom is -0.319 e. The number of aldehydes is 1. The van der Waals surface area contributed by atoms with E-state index >= 15 is 0 Å². The Balaban J connectivity index is 0.000000374. The van der Waals surface area contributed by atoms with Gasteiger partial charge in [0.15, 0.2) is 0 Å². The smallest absolute Gasteiger partial charge is 0.319 e. The average molecular weight is 487 g/mol. The van der Waals surface area contributed by atoms with E-state index in [0.29, 0.717) is 28.9 Å². The molecule has 11 heteroatoms. The number of fused-ring (bicyclic) bond motifs is 1. The average Bonchev–Trinajstić information content (AvgIpc) is 3.44. The van der Waals surface area contributed by atoms with E-state index in [-0.39, 0.29) is 18.9 Å². The van der Waals surface area contributed by atoms with E-state index in [0.717, 1.165) is 17.0 Å². The van der Waals surface area contributed by atoms with Crippen LogP contribution in [0.25, 0.3) is 0 Å². The lowest BCUT2D eigenvalue weighted by Gasteiger charge is -2.25. The number of hydrogen-bond acceptors (Lipinski definition) is 5. The van der Waals surface area contributed by atoms with Gasteiger partial charge in [0.25, 0.3) is 5.92 Å². The van der Waals surface area contributed by atoms with Crippen LogP contribution in [0.3, 0.4) is 0 Å². The molecule has 0 saturated heterocycles. The number of nitrogens with one attached hydrogen (secondary N) is 1. The van der Waals surface area contributed by atoms with Crippen molar-refractivity contribution in [2.24, 2.45) is 5.73 Å². The summed E-state index contributed by atoms with van der Waals surface area (Å²) >= 11 is 1.41. The van der Waals surface area contributed by atoms with Gasteiger partial charge in [-0.05, 0) is 36.9 Å². The van der Waals surface area contributed by atoms with Gasteiger partial charge in [0.05, 0.1) is 29.9 Å². The van der Waals surface area contributed by atoms with Crippen LogP contribution < -0.4 is 16.0 Å². The third kappa shape index (κ3) is 6.10. The Morgan fingerprint density at radius 3 is 2.33 bits per heavy atom. The standard InChI is InChI=1S/C18H15F3N2O2S.C4H7F2N/c19-18(20,21)13-4-1-11(2-5-13)8-23-15-7-12(9-24)3-6-16(15)26-10-14(22)17(23)25;1-7-3-2-4(3,5)6/h1-7,9,14H,8,10,22H2;3,7H,2H2,1H3/t14-;3-/m01/s1. The number of carbonyl (C=O) groups is 2. The molecule has 0 bridgehead atoms. The third-order valence-corrected chi connectivity index (χ3v) is 6.39. The van der Waals surface area contributed by atoms with Crippen LogP contribution in [-0.4, -0.2) is 43.0 Å². The second-order valence-electron chi connectivity index (χ2n) is 7.69. The van der Waals surface area contributed by atoms with E-state index < -0.39 is 29.7 Å². The Hall–Kier alpha value is -2.50. The summed E-state index contributed by atoms with van der Waals surface area (Å²) in [5.41, 5.74) is 6.65. The van der Waals surface area contributed by atoms with Crippen molar-refractivity contribution in [3.8, 4) is 0 Å².